The Morgan fingerprint density at radius 1 is 1.34 bits per heavy atom. The second-order valence-electron chi connectivity index (χ2n) is 7.56. The summed E-state index contributed by atoms with van der Waals surface area (Å²) >= 11 is 0. The first-order chi connectivity index (χ1) is 14.2. The summed E-state index contributed by atoms with van der Waals surface area (Å²) in [5.74, 6) is 1.01. The second kappa shape index (κ2) is 7.32. The molecular formula is C20H23N7O2. The maximum absolute atomic E-state index is 11.6. The summed E-state index contributed by atoms with van der Waals surface area (Å²) < 4.78 is 9.27. The average molecular weight is 393 g/mol. The minimum absolute atomic E-state index is 0.113. The Hall–Kier alpha value is -3.20. The molecule has 2 atom stereocenters. The van der Waals surface area contributed by atoms with Gasteiger partial charge in [0.2, 0.25) is 5.91 Å². The quantitative estimate of drug-likeness (QED) is 0.645. The fraction of sp³-hybridized carbons (Fsp3) is 0.400. The van der Waals surface area contributed by atoms with Crippen molar-refractivity contribution in [3.05, 3.63) is 48.6 Å². The minimum atomic E-state index is -0.113. The van der Waals surface area contributed by atoms with Crippen LogP contribution in [0.3, 0.4) is 0 Å². The third-order valence-electron chi connectivity index (χ3n) is 5.66. The fourth-order valence-electron chi connectivity index (χ4n) is 4.23. The van der Waals surface area contributed by atoms with Gasteiger partial charge in [-0.25, -0.2) is 9.50 Å². The van der Waals surface area contributed by atoms with Crippen LogP contribution in [0.4, 0.5) is 11.5 Å². The van der Waals surface area contributed by atoms with E-state index in [9.17, 15) is 4.79 Å². The van der Waals surface area contributed by atoms with Gasteiger partial charge in [-0.1, -0.05) is 6.58 Å². The molecule has 0 radical (unpaired) electrons. The highest BCUT2D eigenvalue weighted by Crippen LogP contribution is 2.36. The van der Waals surface area contributed by atoms with Gasteiger partial charge in [-0.2, -0.15) is 10.2 Å². The molecule has 9 heteroatoms. The van der Waals surface area contributed by atoms with E-state index in [1.807, 2.05) is 16.9 Å². The summed E-state index contributed by atoms with van der Waals surface area (Å²) in [6.45, 7) is 5.55. The fourth-order valence-corrected chi connectivity index (χ4v) is 4.23. The highest BCUT2D eigenvalue weighted by Gasteiger charge is 2.27. The van der Waals surface area contributed by atoms with E-state index in [-0.39, 0.29) is 11.9 Å². The van der Waals surface area contributed by atoms with E-state index < -0.39 is 0 Å². The lowest BCUT2D eigenvalue weighted by molar-refractivity contribution is -0.117. The van der Waals surface area contributed by atoms with Crippen LogP contribution in [0.15, 0.2) is 37.3 Å². The van der Waals surface area contributed by atoms with Gasteiger partial charge in [-0.3, -0.25) is 9.48 Å². The van der Waals surface area contributed by atoms with Crippen molar-refractivity contribution in [2.75, 3.05) is 11.9 Å². The molecule has 0 saturated heterocycles. The standard InChI is InChI=1S/C20H23N7O2/c1-2-19(28)23-15-4-3-13(7-15)14-8-17(20-21-12-22-27(20)10-14)24-18-9-16-11-29-6-5-26(16)25-18/h2,8-10,12-13,15H,1,3-7,11H2,(H,23,28)(H,24,25)/t13-,15+/m0/s1. The van der Waals surface area contributed by atoms with Crippen LogP contribution in [-0.4, -0.2) is 42.9 Å². The highest BCUT2D eigenvalue weighted by atomic mass is 16.5. The number of anilines is 2. The average Bonchev–Trinajstić information content (AvgIpc) is 3.46. The van der Waals surface area contributed by atoms with Gasteiger partial charge in [0, 0.05) is 18.3 Å². The Kier molecular flexibility index (Phi) is 4.51. The van der Waals surface area contributed by atoms with Crippen LogP contribution < -0.4 is 10.6 Å². The summed E-state index contributed by atoms with van der Waals surface area (Å²) in [7, 11) is 0. The zero-order valence-electron chi connectivity index (χ0n) is 16.0. The number of aromatic nitrogens is 5. The molecule has 0 bridgehead atoms. The van der Waals surface area contributed by atoms with Crippen molar-refractivity contribution < 1.29 is 9.53 Å². The predicted molar refractivity (Wildman–Crippen MR) is 107 cm³/mol. The zero-order valence-corrected chi connectivity index (χ0v) is 16.0. The van der Waals surface area contributed by atoms with Gasteiger partial charge in [0.25, 0.3) is 0 Å². The Morgan fingerprint density at radius 2 is 2.28 bits per heavy atom. The number of carbonyl (C=O) groups is 1. The van der Waals surface area contributed by atoms with Crippen molar-refractivity contribution in [2.45, 2.75) is 44.4 Å². The van der Waals surface area contributed by atoms with E-state index in [0.717, 1.165) is 48.7 Å². The van der Waals surface area contributed by atoms with Crippen LogP contribution in [0.25, 0.3) is 5.65 Å². The van der Waals surface area contributed by atoms with Gasteiger partial charge in [0.05, 0.1) is 31.1 Å². The monoisotopic (exact) mass is 393 g/mol. The number of nitrogens with zero attached hydrogens (tertiary/aromatic N) is 5. The van der Waals surface area contributed by atoms with Crippen LogP contribution >= 0.6 is 0 Å². The number of amides is 1. The van der Waals surface area contributed by atoms with Crippen molar-refractivity contribution in [3.63, 3.8) is 0 Å². The molecule has 3 aromatic rings. The van der Waals surface area contributed by atoms with E-state index in [0.29, 0.717) is 19.1 Å². The summed E-state index contributed by atoms with van der Waals surface area (Å²) in [6, 6.07) is 4.31. The molecule has 29 heavy (non-hydrogen) atoms. The molecule has 9 nitrogen and oxygen atoms in total. The van der Waals surface area contributed by atoms with Crippen molar-refractivity contribution in [2.24, 2.45) is 0 Å². The number of nitrogens with one attached hydrogen (secondary N) is 2. The van der Waals surface area contributed by atoms with E-state index >= 15 is 0 Å². The maximum atomic E-state index is 11.6. The van der Waals surface area contributed by atoms with Gasteiger partial charge in [-0.05, 0) is 42.9 Å². The van der Waals surface area contributed by atoms with Crippen LogP contribution in [-0.2, 0) is 22.7 Å². The van der Waals surface area contributed by atoms with Crippen molar-refractivity contribution in [1.82, 2.24) is 29.7 Å². The number of fused-ring (bicyclic) bond motifs is 2. The van der Waals surface area contributed by atoms with Crippen molar-refractivity contribution in [1.29, 1.82) is 0 Å². The number of pyridine rings is 1. The lowest BCUT2D eigenvalue weighted by Crippen LogP contribution is -2.31. The molecule has 1 fully saturated rings. The Labute approximate surface area is 167 Å². The molecular weight excluding hydrogens is 370 g/mol. The summed E-state index contributed by atoms with van der Waals surface area (Å²) in [5, 5.41) is 15.4. The summed E-state index contributed by atoms with van der Waals surface area (Å²) in [4.78, 5) is 16.0. The first-order valence-electron chi connectivity index (χ1n) is 9.87. The molecule has 3 aromatic heterocycles. The molecule has 0 spiro atoms. The van der Waals surface area contributed by atoms with Gasteiger partial charge in [0.15, 0.2) is 11.5 Å². The third-order valence-corrected chi connectivity index (χ3v) is 5.66. The van der Waals surface area contributed by atoms with E-state index in [2.05, 4.69) is 38.5 Å². The van der Waals surface area contributed by atoms with Crippen LogP contribution in [0.1, 0.15) is 36.4 Å². The molecule has 1 aliphatic heterocycles. The molecule has 2 N–H and O–H groups in total. The Balaban J connectivity index is 1.41. The highest BCUT2D eigenvalue weighted by molar-refractivity contribution is 5.87. The van der Waals surface area contributed by atoms with E-state index in [1.54, 1.807) is 10.8 Å². The molecule has 150 valence electrons. The van der Waals surface area contributed by atoms with Crippen LogP contribution in [0.5, 0.6) is 0 Å². The first kappa shape index (κ1) is 17.9. The smallest absolute Gasteiger partial charge is 0.243 e. The second-order valence-corrected chi connectivity index (χ2v) is 7.56. The molecule has 1 aliphatic carbocycles. The SMILES string of the molecule is C=CC(=O)N[C@@H]1CC[C@H](c2cc(Nc3cc4n(n3)CCOC4)c3ncnn3c2)C1. The van der Waals surface area contributed by atoms with Crippen LogP contribution in [0, 0.1) is 0 Å². The number of ether oxygens (including phenoxy) is 1. The van der Waals surface area contributed by atoms with Gasteiger partial charge in [-0.15, -0.1) is 0 Å². The molecule has 1 amide bonds. The minimum Gasteiger partial charge on any atom is -0.373 e. The number of carbonyl (C=O) groups excluding carboxylic acids is 1. The van der Waals surface area contributed by atoms with Crippen molar-refractivity contribution >= 4 is 23.1 Å². The Bertz CT molecular complexity index is 1050. The molecule has 1 saturated carbocycles. The first-order valence-corrected chi connectivity index (χ1v) is 9.87. The lowest BCUT2D eigenvalue weighted by Gasteiger charge is -2.14. The van der Waals surface area contributed by atoms with Crippen LogP contribution in [0.2, 0.25) is 0 Å². The number of hydrogen-bond donors (Lipinski definition) is 2. The predicted octanol–water partition coefficient (Wildman–Crippen LogP) is 2.14. The third kappa shape index (κ3) is 3.49. The van der Waals surface area contributed by atoms with Gasteiger partial charge < -0.3 is 15.4 Å². The molecule has 2 aliphatic rings. The zero-order chi connectivity index (χ0) is 19.8. The molecule has 0 aromatic carbocycles. The van der Waals surface area contributed by atoms with Gasteiger partial charge in [0.1, 0.15) is 6.33 Å². The van der Waals surface area contributed by atoms with E-state index in [4.69, 9.17) is 4.74 Å². The maximum Gasteiger partial charge on any atom is 0.243 e. The van der Waals surface area contributed by atoms with E-state index in [1.165, 1.54) is 11.6 Å². The Morgan fingerprint density at radius 3 is 3.14 bits per heavy atom. The summed E-state index contributed by atoms with van der Waals surface area (Å²) in [6.07, 6.45) is 7.77. The molecule has 4 heterocycles. The lowest BCUT2D eigenvalue weighted by atomic mass is 9.98. The van der Waals surface area contributed by atoms with Crippen molar-refractivity contribution in [3.8, 4) is 0 Å². The largest absolute Gasteiger partial charge is 0.373 e. The normalized spacial score (nSPS) is 21.1. The molecule has 0 unspecified atom stereocenters. The van der Waals surface area contributed by atoms with Gasteiger partial charge >= 0.3 is 0 Å². The topological polar surface area (TPSA) is 98.4 Å². The number of hydrogen-bond acceptors (Lipinski definition) is 6. The number of rotatable bonds is 5. The molecule has 5 rings (SSSR count). The summed E-state index contributed by atoms with van der Waals surface area (Å²) in [5.41, 5.74) is 3.86.